The highest BCUT2D eigenvalue weighted by Crippen LogP contribution is 2.56. The van der Waals surface area contributed by atoms with Gasteiger partial charge < -0.3 is 15.6 Å². The summed E-state index contributed by atoms with van der Waals surface area (Å²) in [5.41, 5.74) is 4.65. The molecule has 0 aliphatic heterocycles. The van der Waals surface area contributed by atoms with E-state index >= 15 is 0 Å². The summed E-state index contributed by atoms with van der Waals surface area (Å²) in [5, 5.41) is 8.66. The standard InChI is InChI=1S/C17H16ClNO5S/c1-24-12-6-2-10(3-7-12)14-15(17(14,19)16(20)21)25(22,23)13-8-4-11(18)5-9-13/h2-9,14-15H,19H2,1H3,(H,20,21)/t14-,15-,17+/m0/s1. The Morgan fingerprint density at radius 3 is 2.20 bits per heavy atom. The van der Waals surface area contributed by atoms with E-state index in [2.05, 4.69) is 0 Å². The third-order valence-electron chi connectivity index (χ3n) is 4.50. The molecular weight excluding hydrogens is 366 g/mol. The Kier molecular flexibility index (Phi) is 4.26. The van der Waals surface area contributed by atoms with Gasteiger partial charge >= 0.3 is 5.97 Å². The summed E-state index contributed by atoms with van der Waals surface area (Å²) in [5.74, 6) is -1.62. The van der Waals surface area contributed by atoms with Crippen LogP contribution < -0.4 is 10.5 Å². The van der Waals surface area contributed by atoms with Crippen molar-refractivity contribution in [1.82, 2.24) is 0 Å². The topological polar surface area (TPSA) is 107 Å². The molecular formula is C17H16ClNO5S. The van der Waals surface area contributed by atoms with Crippen LogP contribution in [0.2, 0.25) is 5.02 Å². The maximum absolute atomic E-state index is 12.9. The Labute approximate surface area is 150 Å². The minimum Gasteiger partial charge on any atom is -0.497 e. The van der Waals surface area contributed by atoms with Gasteiger partial charge in [0.2, 0.25) is 0 Å². The molecule has 0 aromatic heterocycles. The molecule has 3 atom stereocenters. The summed E-state index contributed by atoms with van der Waals surface area (Å²) in [4.78, 5) is 11.7. The molecule has 0 amide bonds. The van der Waals surface area contributed by atoms with Crippen molar-refractivity contribution in [3.05, 3.63) is 59.1 Å². The minimum atomic E-state index is -3.94. The van der Waals surface area contributed by atoms with Gasteiger partial charge in [-0.2, -0.15) is 0 Å². The quantitative estimate of drug-likeness (QED) is 0.821. The number of sulfone groups is 1. The Hall–Kier alpha value is -2.09. The van der Waals surface area contributed by atoms with Gasteiger partial charge in [0.1, 0.15) is 16.5 Å². The number of carbonyl (C=O) groups is 1. The molecule has 1 aliphatic carbocycles. The second kappa shape index (κ2) is 6.01. The predicted molar refractivity (Wildman–Crippen MR) is 92.7 cm³/mol. The third-order valence-corrected chi connectivity index (χ3v) is 7.01. The number of nitrogens with two attached hydrogens (primary N) is 1. The average Bonchev–Trinajstić information content (AvgIpc) is 3.24. The van der Waals surface area contributed by atoms with E-state index in [0.29, 0.717) is 16.3 Å². The highest BCUT2D eigenvalue weighted by Gasteiger charge is 2.74. The van der Waals surface area contributed by atoms with Crippen molar-refractivity contribution in [3.63, 3.8) is 0 Å². The van der Waals surface area contributed by atoms with Crippen LogP contribution >= 0.6 is 11.6 Å². The van der Waals surface area contributed by atoms with Crippen LogP contribution in [0.25, 0.3) is 0 Å². The lowest BCUT2D eigenvalue weighted by molar-refractivity contribution is -0.139. The lowest BCUT2D eigenvalue weighted by Gasteiger charge is -2.07. The number of carboxylic acids is 1. The lowest BCUT2D eigenvalue weighted by Crippen LogP contribution is -2.39. The number of benzene rings is 2. The fraction of sp³-hybridized carbons (Fsp3) is 0.235. The van der Waals surface area contributed by atoms with Crippen molar-refractivity contribution in [2.75, 3.05) is 7.11 Å². The second-order valence-electron chi connectivity index (χ2n) is 5.91. The van der Waals surface area contributed by atoms with Crippen molar-refractivity contribution in [2.45, 2.75) is 21.6 Å². The predicted octanol–water partition coefficient (Wildman–Crippen LogP) is 2.07. The number of ether oxygens (including phenoxy) is 1. The van der Waals surface area contributed by atoms with Gasteiger partial charge in [-0.05, 0) is 42.0 Å². The largest absolute Gasteiger partial charge is 0.497 e. The van der Waals surface area contributed by atoms with Gasteiger partial charge in [-0.3, -0.25) is 4.79 Å². The van der Waals surface area contributed by atoms with E-state index < -0.39 is 32.5 Å². The van der Waals surface area contributed by atoms with Crippen molar-refractivity contribution in [1.29, 1.82) is 0 Å². The molecule has 2 aromatic rings. The summed E-state index contributed by atoms with van der Waals surface area (Å²) >= 11 is 5.79. The Balaban J connectivity index is 2.03. The molecule has 0 unspecified atom stereocenters. The molecule has 0 radical (unpaired) electrons. The van der Waals surface area contributed by atoms with Crippen LogP contribution in [0.15, 0.2) is 53.4 Å². The SMILES string of the molecule is COc1ccc([C@H]2[C@H](S(=O)(=O)c3ccc(Cl)cc3)[C@@]2(N)C(=O)O)cc1. The zero-order valence-corrected chi connectivity index (χ0v) is 14.8. The Morgan fingerprint density at radius 1 is 1.16 bits per heavy atom. The van der Waals surface area contributed by atoms with E-state index in [0.717, 1.165) is 0 Å². The van der Waals surface area contributed by atoms with Crippen LogP contribution in [0, 0.1) is 0 Å². The molecule has 132 valence electrons. The summed E-state index contributed by atoms with van der Waals surface area (Å²) in [6.07, 6.45) is 0. The maximum Gasteiger partial charge on any atom is 0.325 e. The van der Waals surface area contributed by atoms with E-state index in [1.54, 1.807) is 24.3 Å². The van der Waals surface area contributed by atoms with E-state index in [1.807, 2.05) is 0 Å². The van der Waals surface area contributed by atoms with E-state index in [-0.39, 0.29) is 4.90 Å². The summed E-state index contributed by atoms with van der Waals surface area (Å²) in [6, 6.07) is 12.1. The van der Waals surface area contributed by atoms with Gasteiger partial charge in [-0.15, -0.1) is 0 Å². The zero-order valence-electron chi connectivity index (χ0n) is 13.2. The molecule has 6 nitrogen and oxygen atoms in total. The van der Waals surface area contributed by atoms with Crippen molar-refractivity contribution < 1.29 is 23.1 Å². The van der Waals surface area contributed by atoms with Gasteiger partial charge in [-0.1, -0.05) is 23.7 Å². The fourth-order valence-electron chi connectivity index (χ4n) is 3.10. The first-order chi connectivity index (χ1) is 11.7. The van der Waals surface area contributed by atoms with Crippen LogP contribution in [0.5, 0.6) is 5.75 Å². The van der Waals surface area contributed by atoms with Crippen molar-refractivity contribution >= 4 is 27.4 Å². The van der Waals surface area contributed by atoms with Crippen LogP contribution in [-0.4, -0.2) is 37.4 Å². The van der Waals surface area contributed by atoms with Gasteiger partial charge in [-0.25, -0.2) is 8.42 Å². The second-order valence-corrected chi connectivity index (χ2v) is 8.41. The molecule has 1 fully saturated rings. The molecule has 0 saturated heterocycles. The number of halogens is 1. The van der Waals surface area contributed by atoms with Gasteiger partial charge in [0, 0.05) is 10.9 Å². The molecule has 25 heavy (non-hydrogen) atoms. The molecule has 3 N–H and O–H groups in total. The normalized spacial score (nSPS) is 25.4. The molecule has 1 aliphatic rings. The number of carboxylic acid groups (broad SMARTS) is 1. The van der Waals surface area contributed by atoms with Crippen LogP contribution in [0.1, 0.15) is 11.5 Å². The number of aliphatic carboxylic acids is 1. The van der Waals surface area contributed by atoms with E-state index in [9.17, 15) is 18.3 Å². The Bertz CT molecular complexity index is 911. The molecule has 3 rings (SSSR count). The van der Waals surface area contributed by atoms with Crippen molar-refractivity contribution in [3.8, 4) is 5.75 Å². The minimum absolute atomic E-state index is 0.00557. The van der Waals surface area contributed by atoms with Crippen molar-refractivity contribution in [2.24, 2.45) is 5.73 Å². The number of rotatable bonds is 5. The lowest BCUT2D eigenvalue weighted by atomic mass is 10.1. The van der Waals surface area contributed by atoms with E-state index in [4.69, 9.17) is 22.1 Å². The molecule has 0 spiro atoms. The summed E-state index contributed by atoms with van der Waals surface area (Å²) < 4.78 is 30.9. The highest BCUT2D eigenvalue weighted by molar-refractivity contribution is 7.92. The van der Waals surface area contributed by atoms with Crippen LogP contribution in [0.3, 0.4) is 0 Å². The first-order valence-electron chi connectivity index (χ1n) is 7.38. The number of hydrogen-bond acceptors (Lipinski definition) is 5. The average molecular weight is 382 g/mol. The van der Waals surface area contributed by atoms with Gasteiger partial charge in [0.05, 0.1) is 12.0 Å². The highest BCUT2D eigenvalue weighted by atomic mass is 35.5. The summed E-state index contributed by atoms with van der Waals surface area (Å²) in [7, 11) is -2.44. The van der Waals surface area contributed by atoms with E-state index in [1.165, 1.54) is 31.4 Å². The molecule has 1 saturated carbocycles. The molecule has 0 heterocycles. The van der Waals surface area contributed by atoms with Gasteiger partial charge in [0.15, 0.2) is 9.84 Å². The Morgan fingerprint density at radius 2 is 1.72 bits per heavy atom. The van der Waals surface area contributed by atoms with Crippen LogP contribution in [0.4, 0.5) is 0 Å². The summed E-state index contributed by atoms with van der Waals surface area (Å²) in [6.45, 7) is 0. The smallest absolute Gasteiger partial charge is 0.325 e. The fourth-order valence-corrected chi connectivity index (χ4v) is 5.46. The molecule has 0 bridgehead atoms. The molecule has 2 aromatic carbocycles. The third kappa shape index (κ3) is 2.78. The first kappa shape index (κ1) is 17.7. The molecule has 8 heteroatoms. The number of methoxy groups -OCH3 is 1. The maximum atomic E-state index is 12.9. The number of hydrogen-bond donors (Lipinski definition) is 2. The zero-order chi connectivity index (χ0) is 18.4. The first-order valence-corrected chi connectivity index (χ1v) is 9.31. The van der Waals surface area contributed by atoms with Crippen LogP contribution in [-0.2, 0) is 14.6 Å². The monoisotopic (exact) mass is 381 g/mol. The van der Waals surface area contributed by atoms with Gasteiger partial charge in [0.25, 0.3) is 0 Å².